The summed E-state index contributed by atoms with van der Waals surface area (Å²) in [6.07, 6.45) is 0. The fraction of sp³-hybridized carbons (Fsp3) is 0. The normalized spacial score (nSPS) is 12.2. The summed E-state index contributed by atoms with van der Waals surface area (Å²) in [7, 11) is -0.465. The molecule has 0 saturated heterocycles. The molecule has 0 nitrogen and oxygen atoms in total. The van der Waals surface area contributed by atoms with Gasteiger partial charge in [-0.05, 0) is 73.5 Å². The molecule has 0 N–H and O–H groups in total. The molecule has 4 aromatic carbocycles. The second-order valence-electron chi connectivity index (χ2n) is 7.19. The van der Waals surface area contributed by atoms with E-state index in [4.69, 9.17) is 0 Å². The lowest BCUT2D eigenvalue weighted by atomic mass is 9.95. The van der Waals surface area contributed by atoms with Crippen LogP contribution in [0.3, 0.4) is 0 Å². The van der Waals surface area contributed by atoms with Crippen LogP contribution in [0.15, 0.2) is 108 Å². The van der Waals surface area contributed by atoms with Crippen LogP contribution in [-0.2, 0) is 0 Å². The first-order valence-corrected chi connectivity index (χ1v) is 13.1. The molecule has 132 valence electrons. The zero-order chi connectivity index (χ0) is 18.5. The van der Waals surface area contributed by atoms with Gasteiger partial charge in [0.25, 0.3) is 0 Å². The van der Waals surface area contributed by atoms with E-state index in [1.54, 1.807) is 0 Å². The van der Waals surface area contributed by atoms with Crippen molar-refractivity contribution in [2.45, 2.75) is 0 Å². The van der Waals surface area contributed by atoms with Crippen molar-refractivity contribution in [3.8, 4) is 10.9 Å². The molecule has 0 saturated carbocycles. The maximum absolute atomic E-state index is 2.44. The van der Waals surface area contributed by atoms with Crippen LogP contribution in [0.1, 0.15) is 0 Å². The molecule has 2 heteroatoms. The molecule has 0 aliphatic rings. The van der Waals surface area contributed by atoms with Crippen molar-refractivity contribution < 1.29 is 0 Å². The second kappa shape index (κ2) is 6.39. The Bertz CT molecular complexity index is 1450. The van der Waals surface area contributed by atoms with Crippen LogP contribution in [0.2, 0.25) is 0 Å². The summed E-state index contributed by atoms with van der Waals surface area (Å²) in [6, 6.07) is 33.8. The molecular formula is C26H18P2. The smallest absolute Gasteiger partial charge is 0.00965 e. The average Bonchev–Trinajstić information content (AvgIpc) is 3.43. The lowest BCUT2D eigenvalue weighted by molar-refractivity contribution is 1.76. The van der Waals surface area contributed by atoms with Gasteiger partial charge in [0, 0.05) is 5.30 Å². The second-order valence-corrected chi connectivity index (χ2v) is 12.7. The van der Waals surface area contributed by atoms with Gasteiger partial charge in [-0.1, -0.05) is 87.2 Å². The molecule has 0 radical (unpaired) electrons. The fourth-order valence-corrected chi connectivity index (χ4v) is 9.98. The summed E-state index contributed by atoms with van der Waals surface area (Å²) in [6.45, 7) is 0. The van der Waals surface area contributed by atoms with Crippen LogP contribution in [-0.4, -0.2) is 0 Å². The molecule has 28 heavy (non-hydrogen) atoms. The lowest BCUT2D eigenvalue weighted by Crippen LogP contribution is -1.83. The van der Waals surface area contributed by atoms with E-state index in [1.807, 2.05) is 0 Å². The summed E-state index contributed by atoms with van der Waals surface area (Å²) in [5, 5.41) is 9.54. The zero-order valence-electron chi connectivity index (χ0n) is 15.3. The van der Waals surface area contributed by atoms with Gasteiger partial charge in [0.2, 0.25) is 0 Å². The predicted molar refractivity (Wildman–Crippen MR) is 127 cm³/mol. The Labute approximate surface area is 166 Å². The Hall–Kier alpha value is -2.78. The molecule has 6 aromatic rings. The molecule has 0 aliphatic heterocycles. The Morgan fingerprint density at radius 1 is 0.500 bits per heavy atom. The Morgan fingerprint density at radius 2 is 1.25 bits per heavy atom. The SMILES string of the molecule is c1ccc2cc3c(ccc4cccc(-c5cccp5-p5cccc5)c43)cc2c1. The topological polar surface area (TPSA) is 0 Å². The molecular weight excluding hydrogens is 374 g/mol. The van der Waals surface area contributed by atoms with E-state index >= 15 is 0 Å². The minimum absolute atomic E-state index is 0.187. The number of rotatable bonds is 2. The van der Waals surface area contributed by atoms with E-state index in [2.05, 4.69) is 108 Å². The van der Waals surface area contributed by atoms with E-state index in [1.165, 1.54) is 43.2 Å². The van der Waals surface area contributed by atoms with Crippen molar-refractivity contribution in [1.29, 1.82) is 0 Å². The van der Waals surface area contributed by atoms with Gasteiger partial charge in [0.05, 0.1) is 0 Å². The van der Waals surface area contributed by atoms with Gasteiger partial charge in [-0.25, -0.2) is 0 Å². The van der Waals surface area contributed by atoms with Crippen LogP contribution < -0.4 is 0 Å². The van der Waals surface area contributed by atoms with Gasteiger partial charge in [0.15, 0.2) is 0 Å². The standard InChI is InChI=1S/C26H18P2/c1-2-8-21-18-24-22(17-20(21)7-1)13-12-19-9-5-10-23(26(19)24)25-11-6-16-28(25)27-14-3-4-15-27/h1-18H. The first-order valence-electron chi connectivity index (χ1n) is 9.54. The van der Waals surface area contributed by atoms with E-state index in [9.17, 15) is 0 Å². The number of benzene rings is 4. The third kappa shape index (κ3) is 2.46. The van der Waals surface area contributed by atoms with Gasteiger partial charge < -0.3 is 0 Å². The van der Waals surface area contributed by atoms with Crippen LogP contribution in [0.25, 0.3) is 43.2 Å². The van der Waals surface area contributed by atoms with Gasteiger partial charge in [-0.2, -0.15) is 0 Å². The molecule has 2 aromatic heterocycles. The quantitative estimate of drug-likeness (QED) is 0.204. The molecule has 0 bridgehead atoms. The first-order chi connectivity index (χ1) is 13.9. The van der Waals surface area contributed by atoms with Crippen LogP contribution in [0, 0.1) is 0 Å². The number of hydrogen-bond donors (Lipinski definition) is 0. The molecule has 1 atom stereocenters. The minimum Gasteiger partial charge on any atom is -0.0759 e. The molecule has 1 unspecified atom stereocenters. The first kappa shape index (κ1) is 16.2. The number of hydrogen-bond acceptors (Lipinski definition) is 0. The molecule has 6 rings (SSSR count). The Morgan fingerprint density at radius 3 is 2.11 bits per heavy atom. The van der Waals surface area contributed by atoms with Gasteiger partial charge in [-0.3, -0.25) is 0 Å². The lowest BCUT2D eigenvalue weighted by Gasteiger charge is -2.13. The highest BCUT2D eigenvalue weighted by Gasteiger charge is 2.13. The largest absolute Gasteiger partial charge is 0.0759 e. The highest BCUT2D eigenvalue weighted by molar-refractivity contribution is 8.22. The van der Waals surface area contributed by atoms with E-state index in [0.29, 0.717) is 0 Å². The molecule has 0 spiro atoms. The summed E-state index contributed by atoms with van der Waals surface area (Å²) < 4.78 is 0. The highest BCUT2D eigenvalue weighted by atomic mass is 32.0. The molecule has 2 heterocycles. The van der Waals surface area contributed by atoms with Crippen molar-refractivity contribution in [3.63, 3.8) is 0 Å². The summed E-state index contributed by atoms with van der Waals surface area (Å²) in [5.41, 5.74) is 1.41. The van der Waals surface area contributed by atoms with Crippen molar-refractivity contribution >= 4 is 46.8 Å². The van der Waals surface area contributed by atoms with Gasteiger partial charge >= 0.3 is 0 Å². The molecule has 0 fully saturated rings. The number of fused-ring (bicyclic) bond motifs is 4. The third-order valence-corrected chi connectivity index (χ3v) is 11.7. The van der Waals surface area contributed by atoms with Crippen LogP contribution in [0.5, 0.6) is 0 Å². The van der Waals surface area contributed by atoms with Crippen molar-refractivity contribution in [1.82, 2.24) is 0 Å². The van der Waals surface area contributed by atoms with Crippen molar-refractivity contribution in [3.05, 3.63) is 108 Å². The molecule has 0 aliphatic carbocycles. The Balaban J connectivity index is 1.73. The minimum atomic E-state index is -0.277. The summed E-state index contributed by atoms with van der Waals surface area (Å²) >= 11 is 0. The maximum Gasteiger partial charge on any atom is 0.00965 e. The van der Waals surface area contributed by atoms with Crippen molar-refractivity contribution in [2.24, 2.45) is 0 Å². The Kier molecular flexibility index (Phi) is 3.69. The van der Waals surface area contributed by atoms with E-state index in [0.717, 1.165) is 0 Å². The maximum atomic E-state index is 2.44. The average molecular weight is 392 g/mol. The van der Waals surface area contributed by atoms with Crippen LogP contribution in [0.4, 0.5) is 0 Å². The predicted octanol–water partition coefficient (Wildman–Crippen LogP) is 9.10. The monoisotopic (exact) mass is 392 g/mol. The van der Waals surface area contributed by atoms with E-state index in [-0.39, 0.29) is 14.4 Å². The van der Waals surface area contributed by atoms with Crippen molar-refractivity contribution in [2.75, 3.05) is 0 Å². The zero-order valence-corrected chi connectivity index (χ0v) is 17.1. The van der Waals surface area contributed by atoms with Crippen LogP contribution >= 0.6 is 14.4 Å². The highest BCUT2D eigenvalue weighted by Crippen LogP contribution is 2.62. The van der Waals surface area contributed by atoms with E-state index < -0.39 is 0 Å². The summed E-state index contributed by atoms with van der Waals surface area (Å²) in [4.78, 5) is 0. The van der Waals surface area contributed by atoms with Gasteiger partial charge in [0.1, 0.15) is 0 Å². The summed E-state index contributed by atoms with van der Waals surface area (Å²) in [5.74, 6) is 7.25. The fourth-order valence-electron chi connectivity index (χ4n) is 4.27. The third-order valence-electron chi connectivity index (χ3n) is 5.57. The molecule has 0 amide bonds. The van der Waals surface area contributed by atoms with Gasteiger partial charge in [-0.15, -0.1) is 0 Å².